The number of carbonyl (C=O) groups excluding carboxylic acids is 1. The van der Waals surface area contributed by atoms with Gasteiger partial charge in [0.15, 0.2) is 0 Å². The van der Waals surface area contributed by atoms with Crippen LogP contribution in [0, 0.1) is 0 Å². The molecule has 0 spiro atoms. The molecule has 5 heteroatoms. The molecule has 1 aliphatic rings. The largest absolute Gasteiger partial charge is 0.453 e. The molecule has 1 rings (SSSR count). The van der Waals surface area contributed by atoms with E-state index >= 15 is 0 Å². The molecule has 0 aromatic carbocycles. The van der Waals surface area contributed by atoms with Gasteiger partial charge in [0.2, 0.25) is 0 Å². The Morgan fingerprint density at radius 3 is 2.79 bits per heavy atom. The van der Waals surface area contributed by atoms with Crippen LogP contribution in [-0.2, 0) is 9.47 Å². The fraction of sp³-hybridized carbons (Fsp3) is 0.889. The van der Waals surface area contributed by atoms with Crippen molar-refractivity contribution >= 4 is 6.09 Å². The third-order valence-electron chi connectivity index (χ3n) is 2.68. The van der Waals surface area contributed by atoms with Crippen molar-refractivity contribution in [3.63, 3.8) is 0 Å². The first-order chi connectivity index (χ1) is 6.72. The Kier molecular flexibility index (Phi) is 4.16. The van der Waals surface area contributed by atoms with Crippen molar-refractivity contribution in [2.24, 2.45) is 5.73 Å². The number of amides is 1. The third kappa shape index (κ3) is 2.36. The Hall–Kier alpha value is -0.810. The molecule has 0 radical (unpaired) electrons. The summed E-state index contributed by atoms with van der Waals surface area (Å²) in [6, 6.07) is 0.0427. The Labute approximate surface area is 84.1 Å². The average Bonchev–Trinajstić information content (AvgIpc) is 2.27. The van der Waals surface area contributed by atoms with Crippen LogP contribution in [0.5, 0.6) is 0 Å². The highest BCUT2D eigenvalue weighted by atomic mass is 16.5. The molecule has 14 heavy (non-hydrogen) atoms. The molecule has 0 aromatic rings. The molecule has 1 aliphatic heterocycles. The SMILES string of the molecule is COC(=O)N1CCC(OC)CC1CN. The van der Waals surface area contributed by atoms with Crippen LogP contribution in [0.15, 0.2) is 0 Å². The summed E-state index contributed by atoms with van der Waals surface area (Å²) in [6.07, 6.45) is 1.56. The van der Waals surface area contributed by atoms with Crippen LogP contribution in [-0.4, -0.2) is 50.4 Å². The summed E-state index contributed by atoms with van der Waals surface area (Å²) >= 11 is 0. The van der Waals surface area contributed by atoms with E-state index in [9.17, 15) is 4.79 Å². The van der Waals surface area contributed by atoms with Crippen LogP contribution < -0.4 is 5.73 Å². The van der Waals surface area contributed by atoms with Gasteiger partial charge in [-0.15, -0.1) is 0 Å². The molecule has 1 saturated heterocycles. The van der Waals surface area contributed by atoms with E-state index in [2.05, 4.69) is 4.74 Å². The zero-order chi connectivity index (χ0) is 10.6. The zero-order valence-electron chi connectivity index (χ0n) is 8.73. The maximum atomic E-state index is 11.3. The van der Waals surface area contributed by atoms with Gasteiger partial charge in [0.1, 0.15) is 0 Å². The topological polar surface area (TPSA) is 64.8 Å². The van der Waals surface area contributed by atoms with Gasteiger partial charge < -0.3 is 20.1 Å². The number of nitrogens with zero attached hydrogens (tertiary/aromatic N) is 1. The van der Waals surface area contributed by atoms with Crippen molar-refractivity contribution < 1.29 is 14.3 Å². The third-order valence-corrected chi connectivity index (χ3v) is 2.68. The lowest BCUT2D eigenvalue weighted by Crippen LogP contribution is -2.51. The highest BCUT2D eigenvalue weighted by molar-refractivity contribution is 5.68. The van der Waals surface area contributed by atoms with Gasteiger partial charge in [-0.05, 0) is 12.8 Å². The van der Waals surface area contributed by atoms with Gasteiger partial charge in [-0.2, -0.15) is 0 Å². The molecule has 0 saturated carbocycles. The number of likely N-dealkylation sites (tertiary alicyclic amines) is 1. The number of hydrogen-bond donors (Lipinski definition) is 1. The summed E-state index contributed by atoms with van der Waals surface area (Å²) in [7, 11) is 3.07. The molecule has 0 aliphatic carbocycles. The van der Waals surface area contributed by atoms with E-state index in [1.807, 2.05) is 0 Å². The maximum Gasteiger partial charge on any atom is 0.409 e. The van der Waals surface area contributed by atoms with Crippen molar-refractivity contribution in [3.05, 3.63) is 0 Å². The monoisotopic (exact) mass is 202 g/mol. The highest BCUT2D eigenvalue weighted by Crippen LogP contribution is 2.19. The van der Waals surface area contributed by atoms with Crippen molar-refractivity contribution in [1.82, 2.24) is 4.90 Å². The minimum Gasteiger partial charge on any atom is -0.453 e. The minimum absolute atomic E-state index is 0.0427. The second kappa shape index (κ2) is 5.17. The predicted octanol–water partition coefficient (Wildman–Crippen LogP) is 0.191. The first-order valence-electron chi connectivity index (χ1n) is 4.80. The van der Waals surface area contributed by atoms with Crippen LogP contribution in [0.4, 0.5) is 4.79 Å². The fourth-order valence-corrected chi connectivity index (χ4v) is 1.81. The summed E-state index contributed by atoms with van der Waals surface area (Å²) in [6.45, 7) is 1.11. The standard InChI is InChI=1S/C9H18N2O3/c1-13-8-3-4-11(9(12)14-2)7(5-8)6-10/h7-8H,3-6,10H2,1-2H3. The lowest BCUT2D eigenvalue weighted by Gasteiger charge is -2.37. The van der Waals surface area contributed by atoms with E-state index in [0.717, 1.165) is 12.8 Å². The lowest BCUT2D eigenvalue weighted by atomic mass is 10.00. The molecular formula is C9H18N2O3. The highest BCUT2D eigenvalue weighted by Gasteiger charge is 2.31. The number of ether oxygens (including phenoxy) is 2. The number of hydrogen-bond acceptors (Lipinski definition) is 4. The lowest BCUT2D eigenvalue weighted by molar-refractivity contribution is 0.0135. The fourth-order valence-electron chi connectivity index (χ4n) is 1.81. The van der Waals surface area contributed by atoms with Crippen LogP contribution in [0.3, 0.4) is 0 Å². The Balaban J connectivity index is 2.56. The van der Waals surface area contributed by atoms with Gasteiger partial charge in [-0.1, -0.05) is 0 Å². The first-order valence-corrected chi connectivity index (χ1v) is 4.80. The van der Waals surface area contributed by atoms with Gasteiger partial charge in [0, 0.05) is 26.2 Å². The van der Waals surface area contributed by atoms with Crippen LogP contribution in [0.2, 0.25) is 0 Å². The van der Waals surface area contributed by atoms with Gasteiger partial charge in [0.25, 0.3) is 0 Å². The predicted molar refractivity (Wildman–Crippen MR) is 52.0 cm³/mol. The number of rotatable bonds is 2. The van der Waals surface area contributed by atoms with Gasteiger partial charge in [-0.25, -0.2) is 4.79 Å². The average molecular weight is 202 g/mol. The van der Waals surface area contributed by atoms with Crippen LogP contribution in [0.25, 0.3) is 0 Å². The Morgan fingerprint density at radius 2 is 2.29 bits per heavy atom. The van der Waals surface area contributed by atoms with Crippen LogP contribution in [0.1, 0.15) is 12.8 Å². The number of piperidine rings is 1. The minimum atomic E-state index is -0.296. The van der Waals surface area contributed by atoms with Crippen molar-refractivity contribution in [3.8, 4) is 0 Å². The molecule has 1 heterocycles. The molecule has 2 atom stereocenters. The molecule has 2 N–H and O–H groups in total. The number of nitrogens with two attached hydrogens (primary N) is 1. The van der Waals surface area contributed by atoms with Gasteiger partial charge >= 0.3 is 6.09 Å². The Bertz CT molecular complexity index is 198. The van der Waals surface area contributed by atoms with Gasteiger partial charge in [-0.3, -0.25) is 0 Å². The molecule has 1 amide bonds. The van der Waals surface area contributed by atoms with Crippen molar-refractivity contribution in [2.75, 3.05) is 27.3 Å². The molecule has 1 fully saturated rings. The van der Waals surface area contributed by atoms with E-state index < -0.39 is 0 Å². The van der Waals surface area contributed by atoms with Crippen molar-refractivity contribution in [2.45, 2.75) is 25.0 Å². The number of carbonyl (C=O) groups is 1. The molecule has 82 valence electrons. The van der Waals surface area contributed by atoms with E-state index in [1.54, 1.807) is 12.0 Å². The maximum absolute atomic E-state index is 11.3. The van der Waals surface area contributed by atoms with E-state index in [0.29, 0.717) is 13.1 Å². The first kappa shape index (κ1) is 11.3. The molecule has 0 aromatic heterocycles. The number of methoxy groups -OCH3 is 2. The molecule has 0 bridgehead atoms. The summed E-state index contributed by atoms with van der Waals surface area (Å²) in [5.41, 5.74) is 5.60. The van der Waals surface area contributed by atoms with E-state index in [1.165, 1.54) is 7.11 Å². The summed E-state index contributed by atoms with van der Waals surface area (Å²) < 4.78 is 9.93. The van der Waals surface area contributed by atoms with E-state index in [-0.39, 0.29) is 18.2 Å². The van der Waals surface area contributed by atoms with E-state index in [4.69, 9.17) is 10.5 Å². The smallest absolute Gasteiger partial charge is 0.409 e. The second-order valence-electron chi connectivity index (χ2n) is 3.44. The summed E-state index contributed by atoms with van der Waals surface area (Å²) in [5.74, 6) is 0. The second-order valence-corrected chi connectivity index (χ2v) is 3.44. The van der Waals surface area contributed by atoms with Crippen molar-refractivity contribution in [1.29, 1.82) is 0 Å². The quantitative estimate of drug-likeness (QED) is 0.694. The zero-order valence-corrected chi connectivity index (χ0v) is 8.73. The molecular weight excluding hydrogens is 184 g/mol. The molecule has 2 unspecified atom stereocenters. The van der Waals surface area contributed by atoms with Gasteiger partial charge in [0.05, 0.1) is 13.2 Å². The summed E-state index contributed by atoms with van der Waals surface area (Å²) in [5, 5.41) is 0. The normalized spacial score (nSPS) is 27.5. The summed E-state index contributed by atoms with van der Waals surface area (Å²) in [4.78, 5) is 13.0. The molecule has 5 nitrogen and oxygen atoms in total. The Morgan fingerprint density at radius 1 is 1.57 bits per heavy atom. The van der Waals surface area contributed by atoms with Crippen LogP contribution >= 0.6 is 0 Å².